The molecule has 0 unspecified atom stereocenters. The topological polar surface area (TPSA) is 75.2 Å². The number of pyridine rings is 2. The van der Waals surface area contributed by atoms with Crippen molar-refractivity contribution in [3.8, 4) is 0 Å². The van der Waals surface area contributed by atoms with Gasteiger partial charge in [-0.2, -0.15) is 0 Å². The first kappa shape index (κ1) is 16.2. The van der Waals surface area contributed by atoms with Crippen LogP contribution in [0, 0.1) is 0 Å². The van der Waals surface area contributed by atoms with Gasteiger partial charge in [0.2, 0.25) is 0 Å². The molecular formula is C20H18N4O2. The molecule has 6 nitrogen and oxygen atoms in total. The highest BCUT2D eigenvalue weighted by Crippen LogP contribution is 2.21. The van der Waals surface area contributed by atoms with Crippen LogP contribution in [0.5, 0.6) is 0 Å². The maximum Gasteiger partial charge on any atom is 0.274 e. The first-order chi connectivity index (χ1) is 12.7. The number of fused-ring (bicyclic) bond motifs is 1. The van der Waals surface area contributed by atoms with E-state index in [2.05, 4.69) is 15.3 Å². The lowest BCUT2D eigenvalue weighted by Crippen LogP contribution is -2.28. The summed E-state index contributed by atoms with van der Waals surface area (Å²) in [4.78, 5) is 35.4. The van der Waals surface area contributed by atoms with Crippen LogP contribution in [0.1, 0.15) is 33.7 Å². The van der Waals surface area contributed by atoms with E-state index in [-0.39, 0.29) is 17.5 Å². The van der Waals surface area contributed by atoms with Crippen LogP contribution in [0.4, 0.5) is 5.69 Å². The van der Waals surface area contributed by atoms with Crippen molar-refractivity contribution in [2.75, 3.05) is 18.4 Å². The van der Waals surface area contributed by atoms with E-state index in [1.807, 2.05) is 29.2 Å². The molecule has 0 radical (unpaired) electrons. The molecule has 0 bridgehead atoms. The third kappa shape index (κ3) is 3.13. The van der Waals surface area contributed by atoms with Crippen LogP contribution in [0.15, 0.2) is 54.9 Å². The molecule has 1 fully saturated rings. The minimum absolute atomic E-state index is 0.0502. The number of nitrogens with one attached hydrogen (secondary N) is 1. The van der Waals surface area contributed by atoms with Crippen molar-refractivity contribution < 1.29 is 9.59 Å². The second kappa shape index (κ2) is 6.92. The SMILES string of the molecule is O=C(Nc1cccc2cccnc12)c1cc(C(=O)N2CCCC2)ccn1. The maximum absolute atomic E-state index is 12.6. The van der Waals surface area contributed by atoms with Crippen molar-refractivity contribution in [3.63, 3.8) is 0 Å². The molecule has 1 saturated heterocycles. The van der Waals surface area contributed by atoms with E-state index in [9.17, 15) is 9.59 Å². The number of benzene rings is 1. The fourth-order valence-corrected chi connectivity index (χ4v) is 3.18. The molecule has 130 valence electrons. The molecule has 1 aromatic carbocycles. The standard InChI is InChI=1S/C20H18N4O2/c25-19(23-16-7-3-5-14-6-4-9-22-18(14)16)17-13-15(8-10-21-17)20(26)24-11-1-2-12-24/h3-10,13H,1-2,11-12H2,(H,23,25). The van der Waals surface area contributed by atoms with Crippen molar-refractivity contribution in [1.82, 2.24) is 14.9 Å². The number of para-hydroxylation sites is 1. The molecule has 0 saturated carbocycles. The average molecular weight is 346 g/mol. The van der Waals surface area contributed by atoms with Gasteiger partial charge in [-0.05, 0) is 37.1 Å². The predicted molar refractivity (Wildman–Crippen MR) is 99.1 cm³/mol. The van der Waals surface area contributed by atoms with E-state index in [0.717, 1.165) is 31.3 Å². The summed E-state index contributed by atoms with van der Waals surface area (Å²) in [6, 6.07) is 12.6. The molecule has 26 heavy (non-hydrogen) atoms. The van der Waals surface area contributed by atoms with Crippen molar-refractivity contribution in [2.24, 2.45) is 0 Å². The number of nitrogens with zero attached hydrogens (tertiary/aromatic N) is 3. The number of aromatic nitrogens is 2. The minimum Gasteiger partial charge on any atom is -0.339 e. The van der Waals surface area contributed by atoms with Gasteiger partial charge in [-0.1, -0.05) is 18.2 Å². The number of hydrogen-bond acceptors (Lipinski definition) is 4. The Balaban J connectivity index is 1.58. The summed E-state index contributed by atoms with van der Waals surface area (Å²) < 4.78 is 0. The van der Waals surface area contributed by atoms with Crippen LogP contribution in [0.3, 0.4) is 0 Å². The van der Waals surface area contributed by atoms with Gasteiger partial charge in [0.15, 0.2) is 0 Å². The van der Waals surface area contributed by atoms with Gasteiger partial charge in [-0.25, -0.2) is 0 Å². The monoisotopic (exact) mass is 346 g/mol. The van der Waals surface area contributed by atoms with Crippen molar-refractivity contribution in [1.29, 1.82) is 0 Å². The van der Waals surface area contributed by atoms with Crippen molar-refractivity contribution >= 4 is 28.4 Å². The van der Waals surface area contributed by atoms with Crippen LogP contribution in [-0.4, -0.2) is 39.8 Å². The fourth-order valence-electron chi connectivity index (χ4n) is 3.18. The number of rotatable bonds is 3. The van der Waals surface area contributed by atoms with Crippen LogP contribution >= 0.6 is 0 Å². The van der Waals surface area contributed by atoms with Crippen LogP contribution in [0.25, 0.3) is 10.9 Å². The second-order valence-electron chi connectivity index (χ2n) is 6.26. The van der Waals surface area contributed by atoms with Gasteiger partial charge in [-0.3, -0.25) is 19.6 Å². The zero-order valence-electron chi connectivity index (χ0n) is 14.2. The summed E-state index contributed by atoms with van der Waals surface area (Å²) >= 11 is 0. The Morgan fingerprint density at radius 3 is 2.62 bits per heavy atom. The Labute approximate surface area is 150 Å². The maximum atomic E-state index is 12.6. The number of amides is 2. The molecule has 3 heterocycles. The Hall–Kier alpha value is -3.28. The smallest absolute Gasteiger partial charge is 0.274 e. The van der Waals surface area contributed by atoms with E-state index in [1.54, 1.807) is 24.4 Å². The van der Waals surface area contributed by atoms with Crippen LogP contribution in [0.2, 0.25) is 0 Å². The molecule has 0 spiro atoms. The first-order valence-electron chi connectivity index (χ1n) is 8.63. The number of hydrogen-bond donors (Lipinski definition) is 1. The van der Waals surface area contributed by atoms with Gasteiger partial charge < -0.3 is 10.2 Å². The summed E-state index contributed by atoms with van der Waals surface area (Å²) in [5.41, 5.74) is 2.03. The first-order valence-corrected chi connectivity index (χ1v) is 8.63. The molecule has 6 heteroatoms. The third-order valence-corrected chi connectivity index (χ3v) is 4.51. The lowest BCUT2D eigenvalue weighted by Gasteiger charge is -2.15. The summed E-state index contributed by atoms with van der Waals surface area (Å²) in [6.45, 7) is 1.54. The third-order valence-electron chi connectivity index (χ3n) is 4.51. The number of anilines is 1. The van der Waals surface area contributed by atoms with Crippen molar-refractivity contribution in [2.45, 2.75) is 12.8 Å². The van der Waals surface area contributed by atoms with E-state index in [4.69, 9.17) is 0 Å². The zero-order valence-corrected chi connectivity index (χ0v) is 14.2. The molecule has 3 aromatic rings. The van der Waals surface area contributed by atoms with E-state index < -0.39 is 0 Å². The van der Waals surface area contributed by atoms with E-state index in [1.165, 1.54) is 6.20 Å². The normalized spacial score (nSPS) is 13.8. The molecule has 1 aliphatic heterocycles. The van der Waals surface area contributed by atoms with Crippen molar-refractivity contribution in [3.05, 3.63) is 66.1 Å². The average Bonchev–Trinajstić information content (AvgIpc) is 3.22. The van der Waals surface area contributed by atoms with E-state index >= 15 is 0 Å². The number of likely N-dealkylation sites (tertiary alicyclic amines) is 1. The predicted octanol–water partition coefficient (Wildman–Crippen LogP) is 3.12. The molecule has 2 amide bonds. The Morgan fingerprint density at radius 2 is 1.77 bits per heavy atom. The van der Waals surface area contributed by atoms with Crippen LogP contribution in [-0.2, 0) is 0 Å². The number of carbonyl (C=O) groups excluding carboxylic acids is 2. The molecule has 1 aliphatic rings. The minimum atomic E-state index is -0.362. The lowest BCUT2D eigenvalue weighted by molar-refractivity contribution is 0.0792. The molecule has 0 aliphatic carbocycles. The highest BCUT2D eigenvalue weighted by atomic mass is 16.2. The lowest BCUT2D eigenvalue weighted by atomic mass is 10.1. The largest absolute Gasteiger partial charge is 0.339 e. The van der Waals surface area contributed by atoms with Gasteiger partial charge in [0.1, 0.15) is 5.69 Å². The Bertz CT molecular complexity index is 975. The van der Waals surface area contributed by atoms with Gasteiger partial charge in [-0.15, -0.1) is 0 Å². The van der Waals surface area contributed by atoms with Crippen LogP contribution < -0.4 is 5.32 Å². The van der Waals surface area contributed by atoms with Gasteiger partial charge in [0.05, 0.1) is 11.2 Å². The van der Waals surface area contributed by atoms with Gasteiger partial charge in [0.25, 0.3) is 11.8 Å². The molecule has 1 N–H and O–H groups in total. The zero-order chi connectivity index (χ0) is 17.9. The summed E-state index contributed by atoms with van der Waals surface area (Å²) in [7, 11) is 0. The summed E-state index contributed by atoms with van der Waals surface area (Å²) in [6.07, 6.45) is 5.24. The molecular weight excluding hydrogens is 328 g/mol. The Morgan fingerprint density at radius 1 is 0.962 bits per heavy atom. The molecule has 0 atom stereocenters. The highest BCUT2D eigenvalue weighted by Gasteiger charge is 2.21. The molecule has 4 rings (SSSR count). The summed E-state index contributed by atoms with van der Waals surface area (Å²) in [5.74, 6) is -0.412. The van der Waals surface area contributed by atoms with Gasteiger partial charge in [0, 0.05) is 36.4 Å². The Kier molecular flexibility index (Phi) is 4.31. The highest BCUT2D eigenvalue weighted by molar-refractivity contribution is 6.08. The van der Waals surface area contributed by atoms with E-state index in [0.29, 0.717) is 16.8 Å². The summed E-state index contributed by atoms with van der Waals surface area (Å²) in [5, 5.41) is 3.79. The fraction of sp³-hybridized carbons (Fsp3) is 0.200. The second-order valence-corrected chi connectivity index (χ2v) is 6.26. The molecule has 2 aromatic heterocycles. The quantitative estimate of drug-likeness (QED) is 0.791. The van der Waals surface area contributed by atoms with Gasteiger partial charge >= 0.3 is 0 Å². The number of carbonyl (C=O) groups is 2.